The Bertz CT molecular complexity index is 389. The zero-order valence-corrected chi connectivity index (χ0v) is 10.6. The maximum absolute atomic E-state index is 11.9. The maximum atomic E-state index is 11.9. The SMILES string of the molecule is CCCCCC(C(=O)O)C(=O)Nc1ccccc1. The molecule has 0 aliphatic heterocycles. The Balaban J connectivity index is 2.57. The summed E-state index contributed by atoms with van der Waals surface area (Å²) < 4.78 is 0. The van der Waals surface area contributed by atoms with E-state index in [9.17, 15) is 9.59 Å². The van der Waals surface area contributed by atoms with Gasteiger partial charge in [-0.1, -0.05) is 44.4 Å². The van der Waals surface area contributed by atoms with Crippen molar-refractivity contribution < 1.29 is 14.7 Å². The lowest BCUT2D eigenvalue weighted by atomic mass is 10.0. The molecular weight excluding hydrogens is 230 g/mol. The fourth-order valence-electron chi connectivity index (χ4n) is 1.72. The highest BCUT2D eigenvalue weighted by Crippen LogP contribution is 2.14. The lowest BCUT2D eigenvalue weighted by Gasteiger charge is -2.12. The molecule has 1 unspecified atom stereocenters. The zero-order valence-electron chi connectivity index (χ0n) is 10.6. The van der Waals surface area contributed by atoms with Gasteiger partial charge in [0.1, 0.15) is 5.92 Å². The van der Waals surface area contributed by atoms with E-state index in [1.807, 2.05) is 13.0 Å². The van der Waals surface area contributed by atoms with Crippen LogP contribution in [-0.2, 0) is 9.59 Å². The maximum Gasteiger partial charge on any atom is 0.316 e. The van der Waals surface area contributed by atoms with E-state index in [1.54, 1.807) is 24.3 Å². The highest BCUT2D eigenvalue weighted by molar-refractivity contribution is 6.04. The Labute approximate surface area is 107 Å². The molecule has 0 aliphatic rings. The lowest BCUT2D eigenvalue weighted by Crippen LogP contribution is -2.29. The Hall–Kier alpha value is -1.84. The second-order valence-electron chi connectivity index (χ2n) is 4.24. The van der Waals surface area contributed by atoms with Gasteiger partial charge in [-0.3, -0.25) is 9.59 Å². The van der Waals surface area contributed by atoms with E-state index in [0.29, 0.717) is 12.1 Å². The van der Waals surface area contributed by atoms with Gasteiger partial charge in [0.15, 0.2) is 0 Å². The Morgan fingerprint density at radius 2 is 1.89 bits per heavy atom. The van der Waals surface area contributed by atoms with Crippen LogP contribution in [0.1, 0.15) is 32.6 Å². The molecule has 0 aliphatic carbocycles. The molecular formula is C14H19NO3. The minimum absolute atomic E-state index is 0.391. The summed E-state index contributed by atoms with van der Waals surface area (Å²) in [5, 5.41) is 11.7. The largest absolute Gasteiger partial charge is 0.481 e. The fourth-order valence-corrected chi connectivity index (χ4v) is 1.72. The van der Waals surface area contributed by atoms with Gasteiger partial charge in [0.25, 0.3) is 0 Å². The second kappa shape index (κ2) is 7.48. The summed E-state index contributed by atoms with van der Waals surface area (Å²) >= 11 is 0. The van der Waals surface area contributed by atoms with Crippen LogP contribution in [0.25, 0.3) is 0 Å². The predicted octanol–water partition coefficient (Wildman–Crippen LogP) is 2.91. The van der Waals surface area contributed by atoms with Gasteiger partial charge in [-0.25, -0.2) is 0 Å². The molecule has 4 nitrogen and oxygen atoms in total. The summed E-state index contributed by atoms with van der Waals surface area (Å²) in [6.07, 6.45) is 3.10. The zero-order chi connectivity index (χ0) is 13.4. The molecule has 1 aromatic rings. The van der Waals surface area contributed by atoms with Crippen molar-refractivity contribution in [3.8, 4) is 0 Å². The van der Waals surface area contributed by atoms with Gasteiger partial charge in [-0.05, 0) is 18.6 Å². The molecule has 0 aromatic heterocycles. The summed E-state index contributed by atoms with van der Waals surface area (Å²) in [6, 6.07) is 8.90. The number of para-hydroxylation sites is 1. The van der Waals surface area contributed by atoms with E-state index >= 15 is 0 Å². The number of carbonyl (C=O) groups is 2. The molecule has 1 rings (SSSR count). The predicted molar refractivity (Wildman–Crippen MR) is 70.3 cm³/mol. The summed E-state index contributed by atoms with van der Waals surface area (Å²) in [5.74, 6) is -2.46. The van der Waals surface area contributed by atoms with Crippen LogP contribution in [0.15, 0.2) is 30.3 Å². The van der Waals surface area contributed by atoms with Crippen molar-refractivity contribution in [2.45, 2.75) is 32.6 Å². The lowest BCUT2D eigenvalue weighted by molar-refractivity contribution is -0.145. The number of carboxylic acid groups (broad SMARTS) is 1. The number of anilines is 1. The first-order valence-corrected chi connectivity index (χ1v) is 6.24. The average molecular weight is 249 g/mol. The highest BCUT2D eigenvalue weighted by Gasteiger charge is 2.25. The Kier molecular flexibility index (Phi) is 5.91. The van der Waals surface area contributed by atoms with Crippen molar-refractivity contribution in [2.24, 2.45) is 5.92 Å². The van der Waals surface area contributed by atoms with Gasteiger partial charge in [-0.2, -0.15) is 0 Å². The van der Waals surface area contributed by atoms with Gasteiger partial charge < -0.3 is 10.4 Å². The van der Waals surface area contributed by atoms with Crippen molar-refractivity contribution in [3.05, 3.63) is 30.3 Å². The number of unbranched alkanes of at least 4 members (excludes halogenated alkanes) is 2. The number of amides is 1. The molecule has 0 heterocycles. The number of hydrogen-bond acceptors (Lipinski definition) is 2. The van der Waals surface area contributed by atoms with E-state index < -0.39 is 17.8 Å². The van der Waals surface area contributed by atoms with E-state index in [1.165, 1.54) is 0 Å². The van der Waals surface area contributed by atoms with Crippen LogP contribution in [0, 0.1) is 5.92 Å². The van der Waals surface area contributed by atoms with Crippen LogP contribution in [0.5, 0.6) is 0 Å². The summed E-state index contributed by atoms with van der Waals surface area (Å²) in [6.45, 7) is 2.04. The fraction of sp³-hybridized carbons (Fsp3) is 0.429. The first-order valence-electron chi connectivity index (χ1n) is 6.24. The quantitative estimate of drug-likeness (QED) is 0.576. The van der Waals surface area contributed by atoms with Gasteiger partial charge in [-0.15, -0.1) is 0 Å². The number of benzene rings is 1. The number of hydrogen-bond donors (Lipinski definition) is 2. The van der Waals surface area contributed by atoms with E-state index in [2.05, 4.69) is 5.32 Å². The third-order valence-corrected chi connectivity index (χ3v) is 2.75. The van der Waals surface area contributed by atoms with Crippen LogP contribution in [0.2, 0.25) is 0 Å². The van der Waals surface area contributed by atoms with Crippen LogP contribution in [0.3, 0.4) is 0 Å². The van der Waals surface area contributed by atoms with E-state index in [0.717, 1.165) is 19.3 Å². The van der Waals surface area contributed by atoms with Crippen molar-refractivity contribution in [1.29, 1.82) is 0 Å². The molecule has 18 heavy (non-hydrogen) atoms. The molecule has 4 heteroatoms. The Morgan fingerprint density at radius 3 is 2.44 bits per heavy atom. The number of nitrogens with one attached hydrogen (secondary N) is 1. The van der Waals surface area contributed by atoms with Crippen LogP contribution < -0.4 is 5.32 Å². The summed E-state index contributed by atoms with van der Waals surface area (Å²) in [4.78, 5) is 22.9. The number of carbonyl (C=O) groups excluding carboxylic acids is 1. The van der Waals surface area contributed by atoms with E-state index in [4.69, 9.17) is 5.11 Å². The second-order valence-corrected chi connectivity index (χ2v) is 4.24. The molecule has 0 bridgehead atoms. The third-order valence-electron chi connectivity index (χ3n) is 2.75. The van der Waals surface area contributed by atoms with Gasteiger partial charge >= 0.3 is 5.97 Å². The standard InChI is InChI=1S/C14H19NO3/c1-2-3-5-10-12(14(17)18)13(16)15-11-8-6-4-7-9-11/h4,6-9,12H,2-3,5,10H2,1H3,(H,15,16)(H,17,18). The molecule has 0 spiro atoms. The average Bonchev–Trinajstić information content (AvgIpc) is 2.35. The normalized spacial score (nSPS) is 11.8. The first kappa shape index (κ1) is 14.2. The number of rotatable bonds is 7. The number of carboxylic acids is 1. The number of aliphatic carboxylic acids is 1. The van der Waals surface area contributed by atoms with Crippen molar-refractivity contribution in [2.75, 3.05) is 5.32 Å². The van der Waals surface area contributed by atoms with Crippen molar-refractivity contribution >= 4 is 17.6 Å². The van der Waals surface area contributed by atoms with Crippen LogP contribution in [-0.4, -0.2) is 17.0 Å². The van der Waals surface area contributed by atoms with Gasteiger partial charge in [0, 0.05) is 5.69 Å². The summed E-state index contributed by atoms with van der Waals surface area (Å²) in [5.41, 5.74) is 0.629. The Morgan fingerprint density at radius 1 is 1.22 bits per heavy atom. The monoisotopic (exact) mass is 249 g/mol. The first-order chi connectivity index (χ1) is 8.65. The third kappa shape index (κ3) is 4.57. The topological polar surface area (TPSA) is 66.4 Å². The van der Waals surface area contributed by atoms with Crippen molar-refractivity contribution in [1.82, 2.24) is 0 Å². The van der Waals surface area contributed by atoms with Crippen molar-refractivity contribution in [3.63, 3.8) is 0 Å². The molecule has 1 atom stereocenters. The highest BCUT2D eigenvalue weighted by atomic mass is 16.4. The molecule has 1 aromatic carbocycles. The minimum atomic E-state index is -1.06. The van der Waals surface area contributed by atoms with E-state index in [-0.39, 0.29) is 0 Å². The molecule has 1 amide bonds. The minimum Gasteiger partial charge on any atom is -0.481 e. The molecule has 0 radical (unpaired) electrons. The molecule has 0 fully saturated rings. The molecule has 0 saturated heterocycles. The van der Waals surface area contributed by atoms with Crippen LogP contribution >= 0.6 is 0 Å². The van der Waals surface area contributed by atoms with Gasteiger partial charge in [0.2, 0.25) is 5.91 Å². The molecule has 0 saturated carbocycles. The molecule has 2 N–H and O–H groups in total. The smallest absolute Gasteiger partial charge is 0.316 e. The van der Waals surface area contributed by atoms with Crippen LogP contribution in [0.4, 0.5) is 5.69 Å². The summed E-state index contributed by atoms with van der Waals surface area (Å²) in [7, 11) is 0. The molecule has 98 valence electrons. The van der Waals surface area contributed by atoms with Gasteiger partial charge in [0.05, 0.1) is 0 Å².